The van der Waals surface area contributed by atoms with E-state index in [0.29, 0.717) is 0 Å². The van der Waals surface area contributed by atoms with Crippen LogP contribution in [0.15, 0.2) is 0 Å². The molecule has 4 heteroatoms. The summed E-state index contributed by atoms with van der Waals surface area (Å²) in [5, 5.41) is 1.56. The molecule has 2 aliphatic rings. The van der Waals surface area contributed by atoms with Crippen molar-refractivity contribution >= 4 is 6.03 Å². The molecule has 0 aromatic heterocycles. The maximum absolute atomic E-state index is 12.0. The van der Waals surface area contributed by atoms with Crippen LogP contribution < -0.4 is 5.73 Å². The average molecular weight is 325 g/mol. The van der Waals surface area contributed by atoms with Gasteiger partial charge in [-0.15, -0.1) is 0 Å². The Labute approximate surface area is 142 Å². The van der Waals surface area contributed by atoms with Gasteiger partial charge in [0.25, 0.3) is 0 Å². The van der Waals surface area contributed by atoms with Crippen molar-refractivity contribution in [3.05, 3.63) is 0 Å². The summed E-state index contributed by atoms with van der Waals surface area (Å²) in [7, 11) is 0. The molecule has 2 N–H and O–H groups in total. The summed E-state index contributed by atoms with van der Waals surface area (Å²) in [6.45, 7) is 0. The number of urea groups is 1. The lowest BCUT2D eigenvalue weighted by atomic mass is 9.96. The van der Waals surface area contributed by atoms with E-state index in [2.05, 4.69) is 0 Å². The first-order chi connectivity index (χ1) is 11.3. The zero-order valence-electron chi connectivity index (χ0n) is 14.8. The number of rotatable bonds is 3. The molecule has 2 fully saturated rings. The van der Waals surface area contributed by atoms with Crippen molar-refractivity contribution in [3.63, 3.8) is 0 Å². The quantitative estimate of drug-likeness (QED) is 0.716. The first-order valence-electron chi connectivity index (χ1n) is 10.0. The Hall–Kier alpha value is -0.770. The van der Waals surface area contributed by atoms with E-state index in [9.17, 15) is 4.79 Å². The summed E-state index contributed by atoms with van der Waals surface area (Å²) in [4.78, 5) is 18.1. The first-order valence-corrected chi connectivity index (χ1v) is 10.0. The molecule has 0 saturated heterocycles. The number of carbonyl (C=O) groups is 1. The highest BCUT2D eigenvalue weighted by molar-refractivity contribution is 5.71. The largest absolute Gasteiger partial charge is 0.350 e. The molecular weight excluding hydrogens is 288 g/mol. The maximum atomic E-state index is 12.0. The molecule has 23 heavy (non-hydrogen) atoms. The topological polar surface area (TPSA) is 55.6 Å². The fourth-order valence-corrected chi connectivity index (χ4v) is 4.03. The summed E-state index contributed by atoms with van der Waals surface area (Å²) in [5.74, 6) is 0. The van der Waals surface area contributed by atoms with Gasteiger partial charge in [0.2, 0.25) is 0 Å². The normalized spacial score (nSPS) is 23.7. The molecule has 134 valence electrons. The van der Waals surface area contributed by atoms with Gasteiger partial charge in [-0.05, 0) is 25.7 Å². The minimum absolute atomic E-state index is 0.172. The average Bonchev–Trinajstić information content (AvgIpc) is 2.51. The number of hydrogen-bond acceptors (Lipinski definition) is 2. The lowest BCUT2D eigenvalue weighted by Crippen LogP contribution is -2.46. The minimum atomic E-state index is -0.396. The highest BCUT2D eigenvalue weighted by atomic mass is 16.7. The van der Waals surface area contributed by atoms with Gasteiger partial charge in [0.15, 0.2) is 0 Å². The van der Waals surface area contributed by atoms with E-state index >= 15 is 0 Å². The van der Waals surface area contributed by atoms with Crippen molar-refractivity contribution < 1.29 is 9.63 Å². The summed E-state index contributed by atoms with van der Waals surface area (Å²) in [5.41, 5.74) is 5.66. The van der Waals surface area contributed by atoms with E-state index in [1.165, 1.54) is 77.0 Å². The van der Waals surface area contributed by atoms with Crippen molar-refractivity contribution in [3.8, 4) is 0 Å². The zero-order valence-corrected chi connectivity index (χ0v) is 14.8. The Morgan fingerprint density at radius 3 is 1.52 bits per heavy atom. The van der Waals surface area contributed by atoms with Crippen LogP contribution in [0.25, 0.3) is 0 Å². The molecule has 2 aliphatic carbocycles. The third-order valence-corrected chi connectivity index (χ3v) is 5.44. The lowest BCUT2D eigenvalue weighted by Gasteiger charge is -2.34. The van der Waals surface area contributed by atoms with Gasteiger partial charge in [0.05, 0.1) is 12.1 Å². The van der Waals surface area contributed by atoms with Crippen molar-refractivity contribution in [2.75, 3.05) is 0 Å². The summed E-state index contributed by atoms with van der Waals surface area (Å²) in [6, 6.07) is -0.212. The highest BCUT2D eigenvalue weighted by Crippen LogP contribution is 2.25. The molecule has 2 rings (SSSR count). The number of hydrogen-bond donors (Lipinski definition) is 1. The van der Waals surface area contributed by atoms with Gasteiger partial charge in [-0.2, -0.15) is 0 Å². The smallest absolute Gasteiger partial charge is 0.338 e. The van der Waals surface area contributed by atoms with Gasteiger partial charge >= 0.3 is 6.03 Å². The van der Waals surface area contributed by atoms with Crippen LogP contribution in [0.2, 0.25) is 0 Å². The van der Waals surface area contributed by atoms with Crippen molar-refractivity contribution in [2.45, 2.75) is 115 Å². The van der Waals surface area contributed by atoms with Crippen LogP contribution in [0.3, 0.4) is 0 Å². The van der Waals surface area contributed by atoms with E-state index in [-0.39, 0.29) is 12.1 Å². The van der Waals surface area contributed by atoms with E-state index in [4.69, 9.17) is 10.6 Å². The molecule has 4 nitrogen and oxygen atoms in total. The predicted molar refractivity (Wildman–Crippen MR) is 94.0 cm³/mol. The van der Waals surface area contributed by atoms with Gasteiger partial charge in [-0.25, -0.2) is 9.86 Å². The number of amides is 2. The molecule has 0 bridgehead atoms. The van der Waals surface area contributed by atoms with Crippen LogP contribution in [-0.2, 0) is 4.84 Å². The van der Waals surface area contributed by atoms with Crippen LogP contribution in [0.4, 0.5) is 4.79 Å². The standard InChI is InChI=1S/C19H36N2O2/c20-19(22)21(17-13-9-5-4-6-10-14-17)23-18-15-11-7-2-1-3-8-12-16-18/h17-18H,1-16H2,(H2,20,22). The van der Waals surface area contributed by atoms with Gasteiger partial charge in [0.1, 0.15) is 0 Å². The Balaban J connectivity index is 1.90. The Morgan fingerprint density at radius 1 is 0.696 bits per heavy atom. The fourth-order valence-electron chi connectivity index (χ4n) is 4.03. The molecule has 0 heterocycles. The molecular formula is C19H36N2O2. The molecule has 0 radical (unpaired) electrons. The van der Waals surface area contributed by atoms with E-state index in [0.717, 1.165) is 25.7 Å². The second-order valence-electron chi connectivity index (χ2n) is 7.44. The van der Waals surface area contributed by atoms with Gasteiger partial charge in [0, 0.05) is 0 Å². The van der Waals surface area contributed by atoms with E-state index < -0.39 is 6.03 Å². The van der Waals surface area contributed by atoms with Crippen LogP contribution >= 0.6 is 0 Å². The van der Waals surface area contributed by atoms with Crippen molar-refractivity contribution in [1.29, 1.82) is 0 Å². The fraction of sp³-hybridized carbons (Fsp3) is 0.947. The van der Waals surface area contributed by atoms with Crippen LogP contribution in [0.1, 0.15) is 103 Å². The molecule has 2 amide bonds. The van der Waals surface area contributed by atoms with Crippen LogP contribution in [0, 0.1) is 0 Å². The molecule has 0 unspecified atom stereocenters. The second kappa shape index (κ2) is 10.9. The van der Waals surface area contributed by atoms with Crippen molar-refractivity contribution in [1.82, 2.24) is 5.06 Å². The number of nitrogens with zero attached hydrogens (tertiary/aromatic N) is 1. The predicted octanol–water partition coefficient (Wildman–Crippen LogP) is 5.30. The Morgan fingerprint density at radius 2 is 1.09 bits per heavy atom. The molecule has 0 aliphatic heterocycles. The molecule has 2 saturated carbocycles. The highest BCUT2D eigenvalue weighted by Gasteiger charge is 2.26. The molecule has 0 aromatic carbocycles. The van der Waals surface area contributed by atoms with E-state index in [1.54, 1.807) is 5.06 Å². The second-order valence-corrected chi connectivity index (χ2v) is 7.44. The van der Waals surface area contributed by atoms with Gasteiger partial charge in [-0.3, -0.25) is 4.84 Å². The number of hydroxylamine groups is 2. The summed E-state index contributed by atoms with van der Waals surface area (Å²) in [6.07, 6.45) is 19.7. The van der Waals surface area contributed by atoms with Crippen LogP contribution in [0.5, 0.6) is 0 Å². The Kier molecular flexibility index (Phi) is 8.80. The van der Waals surface area contributed by atoms with Crippen LogP contribution in [-0.4, -0.2) is 23.2 Å². The van der Waals surface area contributed by atoms with E-state index in [1.807, 2.05) is 0 Å². The third-order valence-electron chi connectivity index (χ3n) is 5.44. The number of nitrogens with two attached hydrogens (primary N) is 1. The van der Waals surface area contributed by atoms with Gasteiger partial charge < -0.3 is 5.73 Å². The first kappa shape index (κ1) is 18.6. The molecule has 0 spiro atoms. The minimum Gasteiger partial charge on any atom is -0.350 e. The Bertz CT molecular complexity index is 317. The maximum Gasteiger partial charge on any atom is 0.338 e. The number of primary amides is 1. The SMILES string of the molecule is NC(=O)N(OC1CCCCCCCCC1)C1CCCCCCC1. The summed E-state index contributed by atoms with van der Waals surface area (Å²) >= 11 is 0. The molecule has 0 aromatic rings. The third kappa shape index (κ3) is 7.11. The van der Waals surface area contributed by atoms with Crippen molar-refractivity contribution in [2.24, 2.45) is 5.73 Å². The monoisotopic (exact) mass is 324 g/mol. The zero-order chi connectivity index (χ0) is 16.3. The number of carbonyl (C=O) groups excluding carboxylic acids is 1. The lowest BCUT2D eigenvalue weighted by molar-refractivity contribution is -0.188. The van der Waals surface area contributed by atoms with Gasteiger partial charge in [-0.1, -0.05) is 77.0 Å². The summed E-state index contributed by atoms with van der Waals surface area (Å²) < 4.78 is 0. The molecule has 0 atom stereocenters.